The van der Waals surface area contributed by atoms with Crippen molar-refractivity contribution in [2.75, 3.05) is 26.2 Å². The molecule has 1 aliphatic heterocycles. The van der Waals surface area contributed by atoms with Gasteiger partial charge in [-0.1, -0.05) is 43.3 Å². The quantitative estimate of drug-likeness (QED) is 0.586. The first-order chi connectivity index (χ1) is 15.5. The van der Waals surface area contributed by atoms with E-state index in [0.29, 0.717) is 38.4 Å². The van der Waals surface area contributed by atoms with Crippen LogP contribution in [0.5, 0.6) is 5.75 Å². The van der Waals surface area contributed by atoms with Crippen molar-refractivity contribution < 1.29 is 14.3 Å². The molecule has 0 aliphatic carbocycles. The van der Waals surface area contributed by atoms with Crippen molar-refractivity contribution in [3.05, 3.63) is 65.9 Å². The summed E-state index contributed by atoms with van der Waals surface area (Å²) < 4.78 is 8.27. The Morgan fingerprint density at radius 3 is 2.31 bits per heavy atom. The summed E-state index contributed by atoms with van der Waals surface area (Å²) in [6.07, 6.45) is 1.00. The minimum absolute atomic E-state index is 0.00479. The Labute approximate surface area is 189 Å². The number of amides is 2. The minimum Gasteiger partial charge on any atom is -0.490 e. The summed E-state index contributed by atoms with van der Waals surface area (Å²) in [5.41, 5.74) is 2.77. The number of benzene rings is 2. The Morgan fingerprint density at radius 1 is 0.969 bits per heavy atom. The molecule has 1 saturated heterocycles. The topological polar surface area (TPSA) is 54.8 Å². The van der Waals surface area contributed by atoms with Gasteiger partial charge in [-0.2, -0.15) is 0 Å². The monoisotopic (exact) mass is 433 g/mol. The molecular weight excluding hydrogens is 402 g/mol. The molecule has 6 nitrogen and oxygen atoms in total. The number of ether oxygens (including phenoxy) is 1. The van der Waals surface area contributed by atoms with Crippen LogP contribution in [0.3, 0.4) is 0 Å². The van der Waals surface area contributed by atoms with Gasteiger partial charge in [-0.25, -0.2) is 0 Å². The minimum atomic E-state index is -0.00479. The van der Waals surface area contributed by atoms with E-state index in [1.165, 1.54) is 0 Å². The molecule has 0 bridgehead atoms. The first kappa shape index (κ1) is 21.9. The lowest BCUT2D eigenvalue weighted by molar-refractivity contribution is -0.130. The molecule has 1 fully saturated rings. The van der Waals surface area contributed by atoms with E-state index in [2.05, 4.69) is 30.5 Å². The van der Waals surface area contributed by atoms with Gasteiger partial charge in [-0.3, -0.25) is 9.59 Å². The van der Waals surface area contributed by atoms with Crippen molar-refractivity contribution in [3.8, 4) is 5.75 Å². The van der Waals surface area contributed by atoms with Crippen molar-refractivity contribution in [1.82, 2.24) is 14.4 Å². The standard InChI is InChI=1S/C26H31N3O3/c1-4-19(2)32-25-12-8-11-23-22(25)17-24(29(23)18-21-9-6-5-7-10-21)26(31)28-15-13-27(14-16-28)20(3)30/h5-12,17,19H,4,13-16,18H2,1-3H3. The zero-order valence-electron chi connectivity index (χ0n) is 19.1. The molecule has 4 rings (SSSR count). The normalized spacial score (nSPS) is 15.1. The van der Waals surface area contributed by atoms with E-state index in [9.17, 15) is 9.59 Å². The van der Waals surface area contributed by atoms with Gasteiger partial charge in [0.05, 0.1) is 11.6 Å². The molecule has 1 atom stereocenters. The second kappa shape index (κ2) is 9.47. The molecule has 3 aromatic rings. The zero-order chi connectivity index (χ0) is 22.7. The Balaban J connectivity index is 1.72. The van der Waals surface area contributed by atoms with E-state index in [4.69, 9.17) is 4.74 Å². The molecule has 1 aliphatic rings. The number of carbonyl (C=O) groups excluding carboxylic acids is 2. The summed E-state index contributed by atoms with van der Waals surface area (Å²) in [5, 5.41) is 0.953. The van der Waals surface area contributed by atoms with Gasteiger partial charge in [0.2, 0.25) is 5.91 Å². The molecule has 168 valence electrons. The van der Waals surface area contributed by atoms with Gasteiger partial charge in [0.15, 0.2) is 0 Å². The van der Waals surface area contributed by atoms with Gasteiger partial charge in [0.25, 0.3) is 5.91 Å². The van der Waals surface area contributed by atoms with Crippen molar-refractivity contribution in [2.45, 2.75) is 39.8 Å². The molecule has 1 unspecified atom stereocenters. The summed E-state index contributed by atoms with van der Waals surface area (Å²) in [4.78, 5) is 28.9. The van der Waals surface area contributed by atoms with Crippen LogP contribution >= 0.6 is 0 Å². The van der Waals surface area contributed by atoms with Crippen LogP contribution in [0.1, 0.15) is 43.2 Å². The highest BCUT2D eigenvalue weighted by Gasteiger charge is 2.27. The molecule has 0 saturated carbocycles. The van der Waals surface area contributed by atoms with Crippen molar-refractivity contribution in [1.29, 1.82) is 0 Å². The average Bonchev–Trinajstić information content (AvgIpc) is 3.18. The van der Waals surface area contributed by atoms with Crippen LogP contribution in [0.25, 0.3) is 10.9 Å². The average molecular weight is 434 g/mol. The molecule has 2 heterocycles. The molecule has 2 amide bonds. The van der Waals surface area contributed by atoms with Gasteiger partial charge in [-0.05, 0) is 37.1 Å². The lowest BCUT2D eigenvalue weighted by Crippen LogP contribution is -2.50. The molecule has 1 aromatic heterocycles. The van der Waals surface area contributed by atoms with Crippen molar-refractivity contribution in [2.24, 2.45) is 0 Å². The van der Waals surface area contributed by atoms with Crippen LogP contribution < -0.4 is 4.74 Å². The lowest BCUT2D eigenvalue weighted by atomic mass is 10.2. The number of nitrogens with zero attached hydrogens (tertiary/aromatic N) is 3. The maximum atomic E-state index is 13.6. The first-order valence-electron chi connectivity index (χ1n) is 11.4. The summed E-state index contributed by atoms with van der Waals surface area (Å²) in [5.74, 6) is 0.857. The van der Waals surface area contributed by atoms with Gasteiger partial charge in [0, 0.05) is 45.0 Å². The highest BCUT2D eigenvalue weighted by Crippen LogP contribution is 2.31. The van der Waals surface area contributed by atoms with Crippen LogP contribution in [0.15, 0.2) is 54.6 Å². The maximum absolute atomic E-state index is 13.6. The second-order valence-electron chi connectivity index (χ2n) is 8.43. The number of carbonyl (C=O) groups is 2. The van der Waals surface area contributed by atoms with Gasteiger partial charge in [-0.15, -0.1) is 0 Å². The number of hydrogen-bond acceptors (Lipinski definition) is 3. The van der Waals surface area contributed by atoms with Gasteiger partial charge in [0.1, 0.15) is 11.4 Å². The van der Waals surface area contributed by atoms with Crippen LogP contribution in [0, 0.1) is 0 Å². The van der Waals surface area contributed by atoms with Crippen LogP contribution in [0.2, 0.25) is 0 Å². The van der Waals surface area contributed by atoms with Crippen LogP contribution in [-0.4, -0.2) is 58.5 Å². The highest BCUT2D eigenvalue weighted by atomic mass is 16.5. The third kappa shape index (κ3) is 4.49. The molecule has 0 N–H and O–H groups in total. The fourth-order valence-corrected chi connectivity index (χ4v) is 4.16. The third-order valence-corrected chi connectivity index (χ3v) is 6.22. The fourth-order valence-electron chi connectivity index (χ4n) is 4.16. The summed E-state index contributed by atoms with van der Waals surface area (Å²) in [7, 11) is 0. The summed E-state index contributed by atoms with van der Waals surface area (Å²) in [6, 6.07) is 18.2. The third-order valence-electron chi connectivity index (χ3n) is 6.22. The fraction of sp³-hybridized carbons (Fsp3) is 0.385. The van der Waals surface area contributed by atoms with E-state index in [0.717, 1.165) is 28.6 Å². The number of rotatable bonds is 6. The SMILES string of the molecule is CCC(C)Oc1cccc2c1cc(C(=O)N1CCN(C(C)=O)CC1)n2Cc1ccccc1. The van der Waals surface area contributed by atoms with Crippen LogP contribution in [0.4, 0.5) is 0 Å². The smallest absolute Gasteiger partial charge is 0.270 e. The lowest BCUT2D eigenvalue weighted by Gasteiger charge is -2.34. The number of hydrogen-bond donors (Lipinski definition) is 0. The Morgan fingerprint density at radius 2 is 1.66 bits per heavy atom. The highest BCUT2D eigenvalue weighted by molar-refractivity contribution is 6.00. The second-order valence-corrected chi connectivity index (χ2v) is 8.43. The number of aromatic nitrogens is 1. The Kier molecular flexibility index (Phi) is 6.49. The largest absolute Gasteiger partial charge is 0.490 e. The van der Waals surface area contributed by atoms with E-state index in [1.54, 1.807) is 11.8 Å². The zero-order valence-corrected chi connectivity index (χ0v) is 19.1. The van der Waals surface area contributed by atoms with E-state index < -0.39 is 0 Å². The summed E-state index contributed by atoms with van der Waals surface area (Å²) in [6.45, 7) is 8.56. The van der Waals surface area contributed by atoms with Crippen molar-refractivity contribution in [3.63, 3.8) is 0 Å². The van der Waals surface area contributed by atoms with E-state index in [1.807, 2.05) is 47.4 Å². The molecule has 6 heteroatoms. The van der Waals surface area contributed by atoms with E-state index >= 15 is 0 Å². The number of piperazine rings is 1. The van der Waals surface area contributed by atoms with Crippen LogP contribution in [-0.2, 0) is 11.3 Å². The summed E-state index contributed by atoms with van der Waals surface area (Å²) >= 11 is 0. The van der Waals surface area contributed by atoms with Gasteiger partial charge < -0.3 is 19.1 Å². The Hall–Kier alpha value is -3.28. The molecular formula is C26H31N3O3. The first-order valence-corrected chi connectivity index (χ1v) is 11.4. The van der Waals surface area contributed by atoms with E-state index in [-0.39, 0.29) is 17.9 Å². The van der Waals surface area contributed by atoms with Gasteiger partial charge >= 0.3 is 0 Å². The Bertz CT molecular complexity index is 1100. The maximum Gasteiger partial charge on any atom is 0.270 e. The predicted octanol–water partition coefficient (Wildman–Crippen LogP) is 4.17. The molecule has 0 spiro atoms. The molecule has 2 aromatic carbocycles. The van der Waals surface area contributed by atoms with Crippen molar-refractivity contribution >= 4 is 22.7 Å². The molecule has 0 radical (unpaired) electrons. The number of fused-ring (bicyclic) bond motifs is 1. The molecule has 32 heavy (non-hydrogen) atoms. The predicted molar refractivity (Wildman–Crippen MR) is 126 cm³/mol.